The van der Waals surface area contributed by atoms with E-state index in [1.54, 1.807) is 16.7 Å². The molecule has 0 saturated carbocycles. The lowest BCUT2D eigenvalue weighted by atomic mass is 9.94. The lowest BCUT2D eigenvalue weighted by Crippen LogP contribution is -2.55. The van der Waals surface area contributed by atoms with Gasteiger partial charge in [-0.15, -0.1) is 0 Å². The molecule has 0 unspecified atom stereocenters. The van der Waals surface area contributed by atoms with Crippen LogP contribution in [0.4, 0.5) is 4.79 Å². The molecule has 114 valence electrons. The summed E-state index contributed by atoms with van der Waals surface area (Å²) in [6.45, 7) is 5.35. The molecule has 2 saturated heterocycles. The average molecular weight is 285 g/mol. The van der Waals surface area contributed by atoms with E-state index in [0.717, 1.165) is 0 Å². The first-order chi connectivity index (χ1) is 9.37. The Hall–Kier alpha value is -1.34. The number of likely N-dealkylation sites (tertiary alicyclic amines) is 1. The SMILES string of the molecule is CC1(O)CCN(C(=O)N2CCN(CC(=O)O)CC2)CC1. The van der Waals surface area contributed by atoms with Crippen molar-refractivity contribution in [2.24, 2.45) is 0 Å². The third kappa shape index (κ3) is 3.83. The summed E-state index contributed by atoms with van der Waals surface area (Å²) in [5.41, 5.74) is -0.656. The van der Waals surface area contributed by atoms with Crippen molar-refractivity contribution in [2.45, 2.75) is 25.4 Å². The molecule has 2 aliphatic rings. The largest absolute Gasteiger partial charge is 0.480 e. The number of piperazine rings is 1. The van der Waals surface area contributed by atoms with E-state index in [2.05, 4.69) is 0 Å². The fourth-order valence-corrected chi connectivity index (χ4v) is 2.67. The summed E-state index contributed by atoms with van der Waals surface area (Å²) in [4.78, 5) is 28.4. The Balaban J connectivity index is 1.79. The Morgan fingerprint density at radius 3 is 2.00 bits per heavy atom. The van der Waals surface area contributed by atoms with E-state index in [1.165, 1.54) is 0 Å². The van der Waals surface area contributed by atoms with Gasteiger partial charge in [0.1, 0.15) is 0 Å². The summed E-state index contributed by atoms with van der Waals surface area (Å²) < 4.78 is 0. The van der Waals surface area contributed by atoms with Crippen LogP contribution in [0.25, 0.3) is 0 Å². The number of carbonyl (C=O) groups is 2. The first-order valence-electron chi connectivity index (χ1n) is 7.08. The van der Waals surface area contributed by atoms with Gasteiger partial charge in [0, 0.05) is 39.3 Å². The number of aliphatic hydroxyl groups is 1. The van der Waals surface area contributed by atoms with Crippen molar-refractivity contribution >= 4 is 12.0 Å². The number of nitrogens with zero attached hydrogens (tertiary/aromatic N) is 3. The highest BCUT2D eigenvalue weighted by atomic mass is 16.4. The number of aliphatic carboxylic acids is 1. The van der Waals surface area contributed by atoms with Gasteiger partial charge in [-0.2, -0.15) is 0 Å². The highest BCUT2D eigenvalue weighted by molar-refractivity contribution is 5.75. The van der Waals surface area contributed by atoms with Crippen LogP contribution < -0.4 is 0 Å². The minimum atomic E-state index is -0.831. The number of amides is 2. The van der Waals surface area contributed by atoms with Crippen LogP contribution in [0.5, 0.6) is 0 Å². The first-order valence-corrected chi connectivity index (χ1v) is 7.08. The first kappa shape index (κ1) is 15.1. The van der Waals surface area contributed by atoms with Crippen molar-refractivity contribution < 1.29 is 19.8 Å². The van der Waals surface area contributed by atoms with Gasteiger partial charge in [-0.05, 0) is 19.8 Å². The van der Waals surface area contributed by atoms with Gasteiger partial charge in [0.15, 0.2) is 0 Å². The molecule has 2 rings (SSSR count). The Morgan fingerprint density at radius 1 is 1.00 bits per heavy atom. The van der Waals surface area contributed by atoms with Crippen LogP contribution >= 0.6 is 0 Å². The van der Waals surface area contributed by atoms with E-state index in [9.17, 15) is 14.7 Å². The molecule has 0 spiro atoms. The van der Waals surface area contributed by atoms with E-state index in [0.29, 0.717) is 52.1 Å². The molecule has 7 nitrogen and oxygen atoms in total. The molecular formula is C13H23N3O4. The molecule has 2 aliphatic heterocycles. The van der Waals surface area contributed by atoms with Crippen LogP contribution in [0.3, 0.4) is 0 Å². The highest BCUT2D eigenvalue weighted by Gasteiger charge is 2.32. The van der Waals surface area contributed by atoms with E-state index in [1.807, 2.05) is 4.90 Å². The number of hydrogen-bond donors (Lipinski definition) is 2. The fraction of sp³-hybridized carbons (Fsp3) is 0.846. The van der Waals surface area contributed by atoms with Gasteiger partial charge in [-0.3, -0.25) is 9.69 Å². The standard InChI is InChI=1S/C13H23N3O4/c1-13(20)2-4-15(5-3-13)12(19)16-8-6-14(7-9-16)10-11(17)18/h20H,2-10H2,1H3,(H,17,18). The molecular weight excluding hydrogens is 262 g/mol. The van der Waals surface area contributed by atoms with Crippen LogP contribution in [0.2, 0.25) is 0 Å². The lowest BCUT2D eigenvalue weighted by molar-refractivity contribution is -0.138. The van der Waals surface area contributed by atoms with Crippen molar-refractivity contribution in [3.63, 3.8) is 0 Å². The quantitative estimate of drug-likeness (QED) is 0.725. The molecule has 7 heteroatoms. The third-order valence-corrected chi connectivity index (χ3v) is 4.11. The zero-order valence-electron chi connectivity index (χ0n) is 11.9. The van der Waals surface area contributed by atoms with Gasteiger partial charge >= 0.3 is 12.0 Å². The number of piperidine rings is 1. The van der Waals surface area contributed by atoms with Crippen LogP contribution in [-0.4, -0.2) is 88.3 Å². The van der Waals surface area contributed by atoms with Gasteiger partial charge in [0.2, 0.25) is 0 Å². The van der Waals surface area contributed by atoms with E-state index in [-0.39, 0.29) is 12.6 Å². The van der Waals surface area contributed by atoms with Crippen molar-refractivity contribution in [2.75, 3.05) is 45.8 Å². The summed E-state index contributed by atoms with van der Waals surface area (Å²) in [6.07, 6.45) is 1.22. The second-order valence-electron chi connectivity index (χ2n) is 5.92. The Labute approximate surface area is 118 Å². The van der Waals surface area contributed by atoms with Crippen molar-refractivity contribution in [1.82, 2.24) is 14.7 Å². The van der Waals surface area contributed by atoms with Crippen LogP contribution in [0, 0.1) is 0 Å². The average Bonchev–Trinajstić information content (AvgIpc) is 2.38. The predicted octanol–water partition coefficient (Wildman–Crippen LogP) is -0.345. The van der Waals surface area contributed by atoms with Gasteiger partial charge in [-0.1, -0.05) is 0 Å². The monoisotopic (exact) mass is 285 g/mol. The lowest BCUT2D eigenvalue weighted by Gasteiger charge is -2.40. The number of hydrogen-bond acceptors (Lipinski definition) is 4. The normalized spacial score (nSPS) is 23.7. The minimum Gasteiger partial charge on any atom is -0.480 e. The van der Waals surface area contributed by atoms with E-state index >= 15 is 0 Å². The Bertz CT molecular complexity index is 368. The fourth-order valence-electron chi connectivity index (χ4n) is 2.67. The molecule has 0 aromatic carbocycles. The molecule has 0 aromatic heterocycles. The summed E-state index contributed by atoms with van der Waals surface area (Å²) in [6, 6.07) is 0.00970. The third-order valence-electron chi connectivity index (χ3n) is 4.11. The Morgan fingerprint density at radius 2 is 1.50 bits per heavy atom. The Kier molecular flexibility index (Phi) is 4.49. The maximum Gasteiger partial charge on any atom is 0.320 e. The molecule has 20 heavy (non-hydrogen) atoms. The molecule has 0 radical (unpaired) electrons. The van der Waals surface area contributed by atoms with E-state index < -0.39 is 11.6 Å². The van der Waals surface area contributed by atoms with Crippen LogP contribution in [-0.2, 0) is 4.79 Å². The second-order valence-corrected chi connectivity index (χ2v) is 5.92. The van der Waals surface area contributed by atoms with Crippen molar-refractivity contribution in [3.8, 4) is 0 Å². The molecule has 2 amide bonds. The zero-order chi connectivity index (χ0) is 14.8. The second kappa shape index (κ2) is 5.97. The zero-order valence-corrected chi connectivity index (χ0v) is 11.9. The molecule has 0 aliphatic carbocycles. The maximum atomic E-state index is 12.3. The minimum absolute atomic E-state index is 0.00970. The molecule has 0 aromatic rings. The van der Waals surface area contributed by atoms with Gasteiger partial charge < -0.3 is 20.0 Å². The summed E-state index contributed by atoms with van der Waals surface area (Å²) in [5.74, 6) is -0.831. The van der Waals surface area contributed by atoms with Gasteiger partial charge in [0.25, 0.3) is 0 Å². The molecule has 2 heterocycles. The molecule has 0 bridgehead atoms. The molecule has 2 N–H and O–H groups in total. The molecule has 0 atom stereocenters. The summed E-state index contributed by atoms with van der Waals surface area (Å²) in [7, 11) is 0. The number of carboxylic acids is 1. The van der Waals surface area contributed by atoms with Gasteiger partial charge in [-0.25, -0.2) is 4.79 Å². The summed E-state index contributed by atoms with van der Waals surface area (Å²) in [5, 5.41) is 18.6. The van der Waals surface area contributed by atoms with Gasteiger partial charge in [0.05, 0.1) is 12.1 Å². The topological polar surface area (TPSA) is 84.3 Å². The number of rotatable bonds is 2. The maximum absolute atomic E-state index is 12.3. The van der Waals surface area contributed by atoms with Crippen LogP contribution in [0.1, 0.15) is 19.8 Å². The highest BCUT2D eigenvalue weighted by Crippen LogP contribution is 2.22. The van der Waals surface area contributed by atoms with Crippen molar-refractivity contribution in [3.05, 3.63) is 0 Å². The molecule has 2 fully saturated rings. The number of carboxylic acid groups (broad SMARTS) is 1. The number of urea groups is 1. The van der Waals surface area contributed by atoms with Crippen molar-refractivity contribution in [1.29, 1.82) is 0 Å². The predicted molar refractivity (Wildman–Crippen MR) is 72.5 cm³/mol. The summed E-state index contributed by atoms with van der Waals surface area (Å²) >= 11 is 0. The van der Waals surface area contributed by atoms with E-state index in [4.69, 9.17) is 5.11 Å². The van der Waals surface area contributed by atoms with Crippen LogP contribution in [0.15, 0.2) is 0 Å². The smallest absolute Gasteiger partial charge is 0.320 e. The number of carbonyl (C=O) groups excluding carboxylic acids is 1.